The van der Waals surface area contributed by atoms with Gasteiger partial charge in [0, 0.05) is 55.6 Å². The van der Waals surface area contributed by atoms with Gasteiger partial charge in [-0.1, -0.05) is 18.2 Å². The number of fused-ring (bicyclic) bond motifs is 1. The van der Waals surface area contributed by atoms with Crippen LogP contribution in [0.3, 0.4) is 0 Å². The first-order valence-electron chi connectivity index (χ1n) is 13.6. The molecule has 2 heterocycles. The molecule has 0 radical (unpaired) electrons. The summed E-state index contributed by atoms with van der Waals surface area (Å²) in [6.07, 6.45) is 2.74. The zero-order valence-electron chi connectivity index (χ0n) is 23.3. The van der Waals surface area contributed by atoms with Gasteiger partial charge in [-0.25, -0.2) is 0 Å². The van der Waals surface area contributed by atoms with Crippen molar-refractivity contribution in [3.8, 4) is 5.75 Å². The second-order valence-corrected chi connectivity index (χ2v) is 11.5. The van der Waals surface area contributed by atoms with Crippen molar-refractivity contribution >= 4 is 23.5 Å². The van der Waals surface area contributed by atoms with Crippen LogP contribution in [0.25, 0.3) is 0 Å². The number of carbonyl (C=O) groups is 2. The number of nitrogens with zero attached hydrogens (tertiary/aromatic N) is 2. The molecule has 39 heavy (non-hydrogen) atoms. The van der Waals surface area contributed by atoms with Crippen molar-refractivity contribution in [2.45, 2.75) is 71.1 Å². The van der Waals surface area contributed by atoms with Crippen LogP contribution in [0.15, 0.2) is 42.5 Å². The van der Waals surface area contributed by atoms with Gasteiger partial charge in [-0.3, -0.25) is 20.4 Å². The fourth-order valence-electron chi connectivity index (χ4n) is 5.24. The average molecular weight is 533 g/mol. The van der Waals surface area contributed by atoms with E-state index in [2.05, 4.69) is 10.2 Å². The standard InChI is InChI=1S/C30H40N6O3/c1-19(31)35-13-11-23(12-14-35)39-24-8-9-25-21(18-24)10-15-36(29(25)38)26(28(37)34-30(2,3)4)17-20-6-5-7-22(16-20)27(32)33/h5-9,16,18,23,26,31H,10-15,17H2,1-4H3,(H3,32,33)(H,34,37). The number of carbonyl (C=O) groups excluding carboxylic acids is 2. The highest BCUT2D eigenvalue weighted by molar-refractivity contribution is 6.00. The Kier molecular flexibility index (Phi) is 8.28. The molecule has 2 aliphatic heterocycles. The number of nitrogens with one attached hydrogen (secondary N) is 3. The molecule has 208 valence electrons. The first kappa shape index (κ1) is 28.1. The van der Waals surface area contributed by atoms with E-state index in [1.165, 1.54) is 0 Å². The van der Waals surface area contributed by atoms with Gasteiger partial charge >= 0.3 is 0 Å². The van der Waals surface area contributed by atoms with Gasteiger partial charge in [0.05, 0.1) is 5.84 Å². The molecule has 0 aliphatic carbocycles. The molecule has 2 aromatic carbocycles. The van der Waals surface area contributed by atoms with Crippen molar-refractivity contribution in [1.29, 1.82) is 10.8 Å². The molecule has 1 unspecified atom stereocenters. The van der Waals surface area contributed by atoms with Gasteiger partial charge in [-0.2, -0.15) is 0 Å². The molecule has 9 nitrogen and oxygen atoms in total. The van der Waals surface area contributed by atoms with E-state index in [0.29, 0.717) is 36.3 Å². The summed E-state index contributed by atoms with van der Waals surface area (Å²) in [6, 6.07) is 12.2. The number of piperidine rings is 1. The van der Waals surface area contributed by atoms with E-state index in [1.807, 2.05) is 58.0 Å². The number of hydrogen-bond donors (Lipinski definition) is 4. The first-order chi connectivity index (χ1) is 18.4. The van der Waals surface area contributed by atoms with Crippen LogP contribution in [-0.2, 0) is 17.6 Å². The monoisotopic (exact) mass is 532 g/mol. The number of amidine groups is 2. The zero-order chi connectivity index (χ0) is 28.3. The molecule has 0 aromatic heterocycles. The Labute approximate surface area is 230 Å². The maximum absolute atomic E-state index is 13.7. The van der Waals surface area contributed by atoms with E-state index in [-0.39, 0.29) is 23.8 Å². The van der Waals surface area contributed by atoms with Crippen LogP contribution in [0.4, 0.5) is 0 Å². The average Bonchev–Trinajstić information content (AvgIpc) is 2.87. The lowest BCUT2D eigenvalue weighted by atomic mass is 9.94. The summed E-state index contributed by atoms with van der Waals surface area (Å²) < 4.78 is 6.25. The molecule has 4 rings (SSSR count). The number of nitrogens with two attached hydrogens (primary N) is 1. The lowest BCUT2D eigenvalue weighted by molar-refractivity contribution is -0.127. The van der Waals surface area contributed by atoms with E-state index < -0.39 is 11.6 Å². The molecule has 0 saturated carbocycles. The van der Waals surface area contributed by atoms with Crippen LogP contribution in [0.2, 0.25) is 0 Å². The van der Waals surface area contributed by atoms with Crippen LogP contribution in [0.1, 0.15) is 67.6 Å². The minimum Gasteiger partial charge on any atom is -0.490 e. The Balaban J connectivity index is 1.52. The Morgan fingerprint density at radius 3 is 2.49 bits per heavy atom. The third-order valence-electron chi connectivity index (χ3n) is 7.25. The van der Waals surface area contributed by atoms with Gasteiger partial charge in [0.2, 0.25) is 5.91 Å². The van der Waals surface area contributed by atoms with Gasteiger partial charge in [0.25, 0.3) is 5.91 Å². The summed E-state index contributed by atoms with van der Waals surface area (Å²) in [4.78, 5) is 30.9. The summed E-state index contributed by atoms with van der Waals surface area (Å²) in [5.74, 6) is 0.923. The van der Waals surface area contributed by atoms with Gasteiger partial charge in [-0.15, -0.1) is 0 Å². The third kappa shape index (κ3) is 6.96. The molecule has 5 N–H and O–H groups in total. The normalized spacial score (nSPS) is 16.9. The number of likely N-dealkylation sites (tertiary alicyclic amines) is 1. The minimum atomic E-state index is -0.703. The number of rotatable bonds is 7. The predicted molar refractivity (Wildman–Crippen MR) is 153 cm³/mol. The van der Waals surface area contributed by atoms with Gasteiger partial charge in [0.1, 0.15) is 23.7 Å². The van der Waals surface area contributed by atoms with Gasteiger partial charge < -0.3 is 25.6 Å². The van der Waals surface area contributed by atoms with Crippen molar-refractivity contribution in [3.05, 3.63) is 64.7 Å². The lowest BCUT2D eigenvalue weighted by Gasteiger charge is -2.37. The van der Waals surface area contributed by atoms with Crippen LogP contribution >= 0.6 is 0 Å². The second kappa shape index (κ2) is 11.5. The summed E-state index contributed by atoms with van der Waals surface area (Å²) in [5, 5.41) is 18.6. The van der Waals surface area contributed by atoms with Crippen LogP contribution in [0.5, 0.6) is 5.75 Å². The number of hydrogen-bond acceptors (Lipinski definition) is 5. The first-order valence-corrected chi connectivity index (χ1v) is 13.6. The largest absolute Gasteiger partial charge is 0.490 e. The summed E-state index contributed by atoms with van der Waals surface area (Å²) in [6.45, 7) is 9.61. The molecule has 9 heteroatoms. The Bertz CT molecular complexity index is 1260. The fraction of sp³-hybridized carbons (Fsp3) is 0.467. The van der Waals surface area contributed by atoms with Crippen LogP contribution in [-0.4, -0.2) is 70.6 Å². The van der Waals surface area contributed by atoms with E-state index in [4.69, 9.17) is 21.3 Å². The third-order valence-corrected chi connectivity index (χ3v) is 7.25. The Hall–Kier alpha value is -3.88. The van der Waals surface area contributed by atoms with Gasteiger partial charge in [-0.05, 0) is 69.5 Å². The van der Waals surface area contributed by atoms with Crippen molar-refractivity contribution in [2.24, 2.45) is 5.73 Å². The molecule has 0 bridgehead atoms. The predicted octanol–water partition coefficient (Wildman–Crippen LogP) is 3.34. The molecule has 1 atom stereocenters. The molecular formula is C30H40N6O3. The maximum atomic E-state index is 13.7. The van der Waals surface area contributed by atoms with E-state index >= 15 is 0 Å². The zero-order valence-corrected chi connectivity index (χ0v) is 23.3. The highest BCUT2D eigenvalue weighted by Crippen LogP contribution is 2.28. The molecule has 1 fully saturated rings. The molecule has 1 saturated heterocycles. The SMILES string of the molecule is CC(=N)N1CCC(Oc2ccc3c(c2)CCN(C(Cc2cccc(C(=N)N)c2)C(=O)NC(C)(C)C)C3=O)CC1. The second-order valence-electron chi connectivity index (χ2n) is 11.5. The number of nitrogen functional groups attached to an aromatic ring is 1. The molecule has 2 aliphatic rings. The lowest BCUT2D eigenvalue weighted by Crippen LogP contribution is -2.56. The molecule has 2 amide bonds. The van der Waals surface area contributed by atoms with Crippen molar-refractivity contribution < 1.29 is 14.3 Å². The topological polar surface area (TPSA) is 136 Å². The van der Waals surface area contributed by atoms with Crippen LogP contribution < -0.4 is 15.8 Å². The van der Waals surface area contributed by atoms with Crippen molar-refractivity contribution in [1.82, 2.24) is 15.1 Å². The summed E-state index contributed by atoms with van der Waals surface area (Å²) in [7, 11) is 0. The molecule has 0 spiro atoms. The molecular weight excluding hydrogens is 492 g/mol. The highest BCUT2D eigenvalue weighted by atomic mass is 16.5. The summed E-state index contributed by atoms with van der Waals surface area (Å²) in [5.41, 5.74) is 8.17. The minimum absolute atomic E-state index is 0.0380. The van der Waals surface area contributed by atoms with Crippen molar-refractivity contribution in [3.63, 3.8) is 0 Å². The fourth-order valence-corrected chi connectivity index (χ4v) is 5.24. The smallest absolute Gasteiger partial charge is 0.254 e. The Morgan fingerprint density at radius 2 is 1.85 bits per heavy atom. The summed E-state index contributed by atoms with van der Waals surface area (Å²) >= 11 is 0. The molecule has 2 aromatic rings. The Morgan fingerprint density at radius 1 is 1.13 bits per heavy atom. The quantitative estimate of drug-likeness (QED) is 0.320. The number of amides is 2. The van der Waals surface area contributed by atoms with Gasteiger partial charge in [0.15, 0.2) is 0 Å². The van der Waals surface area contributed by atoms with E-state index in [9.17, 15) is 9.59 Å². The maximum Gasteiger partial charge on any atom is 0.254 e. The number of ether oxygens (including phenoxy) is 1. The van der Waals surface area contributed by atoms with Crippen molar-refractivity contribution in [2.75, 3.05) is 19.6 Å². The highest BCUT2D eigenvalue weighted by Gasteiger charge is 2.35. The van der Waals surface area contributed by atoms with E-state index in [0.717, 1.165) is 42.8 Å². The van der Waals surface area contributed by atoms with E-state index in [1.54, 1.807) is 17.0 Å². The number of benzene rings is 2. The van der Waals surface area contributed by atoms with Crippen LogP contribution in [0, 0.1) is 10.8 Å².